The number of hydrogen-bond donors (Lipinski definition) is 2. The molecule has 1 atom stereocenters. The Hall–Kier alpha value is -2.44. The third-order valence-electron chi connectivity index (χ3n) is 4.95. The lowest BCUT2D eigenvalue weighted by atomic mass is 9.89. The van der Waals surface area contributed by atoms with Gasteiger partial charge in [-0.2, -0.15) is 0 Å². The van der Waals surface area contributed by atoms with Gasteiger partial charge in [-0.25, -0.2) is 4.39 Å². The van der Waals surface area contributed by atoms with Crippen LogP contribution in [-0.2, 0) is 14.4 Å². The molecule has 0 radical (unpaired) electrons. The summed E-state index contributed by atoms with van der Waals surface area (Å²) < 4.78 is 13.4. The number of carbonyl (C=O) groups excluding carboxylic acids is 3. The molecule has 0 bridgehead atoms. The lowest BCUT2D eigenvalue weighted by molar-refractivity contribution is -0.130. The minimum atomic E-state index is -0.612. The first-order valence-electron chi connectivity index (χ1n) is 9.19. The summed E-state index contributed by atoms with van der Waals surface area (Å²) in [6, 6.07) is 4.07. The van der Waals surface area contributed by atoms with E-state index >= 15 is 0 Å². The Labute approximate surface area is 152 Å². The van der Waals surface area contributed by atoms with Crippen LogP contribution in [0.25, 0.3) is 0 Å². The summed E-state index contributed by atoms with van der Waals surface area (Å²) >= 11 is 0. The molecule has 0 saturated carbocycles. The number of hydrogen-bond acceptors (Lipinski definition) is 3. The zero-order chi connectivity index (χ0) is 18.5. The number of rotatable bonds is 5. The van der Waals surface area contributed by atoms with Crippen molar-refractivity contribution in [1.82, 2.24) is 10.2 Å². The maximum absolute atomic E-state index is 13.4. The minimum absolute atomic E-state index is 0.0507. The molecule has 3 amide bonds. The molecule has 0 aliphatic carbocycles. The maximum atomic E-state index is 13.4. The Kier molecular flexibility index (Phi) is 5.85. The molecule has 1 aromatic rings. The van der Waals surface area contributed by atoms with Crippen molar-refractivity contribution >= 4 is 23.4 Å². The van der Waals surface area contributed by atoms with Gasteiger partial charge in [0.05, 0.1) is 5.92 Å². The van der Waals surface area contributed by atoms with Crippen molar-refractivity contribution in [2.75, 3.05) is 25.0 Å². The van der Waals surface area contributed by atoms with Gasteiger partial charge in [0, 0.05) is 38.2 Å². The molecule has 2 N–H and O–H groups in total. The summed E-state index contributed by atoms with van der Waals surface area (Å²) in [5.74, 6) is -1.41. The second-order valence-corrected chi connectivity index (χ2v) is 6.87. The smallest absolute Gasteiger partial charge is 0.228 e. The van der Waals surface area contributed by atoms with Crippen molar-refractivity contribution in [3.63, 3.8) is 0 Å². The lowest BCUT2D eigenvalue weighted by Gasteiger charge is -2.25. The SMILES string of the molecule is O=C1CC(C(=O)NCCCN2CCCCCC2=O)c2ccc(F)cc2N1. The summed E-state index contributed by atoms with van der Waals surface area (Å²) in [5, 5.41) is 5.45. The van der Waals surface area contributed by atoms with Crippen molar-refractivity contribution in [1.29, 1.82) is 0 Å². The highest BCUT2D eigenvalue weighted by Crippen LogP contribution is 2.32. The van der Waals surface area contributed by atoms with Gasteiger partial charge in [0.25, 0.3) is 0 Å². The van der Waals surface area contributed by atoms with Gasteiger partial charge in [0.1, 0.15) is 5.82 Å². The Bertz CT molecular complexity index is 707. The van der Waals surface area contributed by atoms with Crippen LogP contribution in [0.4, 0.5) is 10.1 Å². The van der Waals surface area contributed by atoms with Gasteiger partial charge in [0.15, 0.2) is 0 Å². The number of nitrogens with zero attached hydrogens (tertiary/aromatic N) is 1. The van der Waals surface area contributed by atoms with Crippen LogP contribution in [0.2, 0.25) is 0 Å². The van der Waals surface area contributed by atoms with E-state index in [0.717, 1.165) is 25.8 Å². The predicted molar refractivity (Wildman–Crippen MR) is 95.1 cm³/mol. The molecular weight excluding hydrogens is 337 g/mol. The monoisotopic (exact) mass is 361 g/mol. The van der Waals surface area contributed by atoms with Gasteiger partial charge in [-0.15, -0.1) is 0 Å². The van der Waals surface area contributed by atoms with E-state index in [1.807, 2.05) is 4.90 Å². The fraction of sp³-hybridized carbons (Fsp3) is 0.526. The van der Waals surface area contributed by atoms with E-state index in [9.17, 15) is 18.8 Å². The molecule has 140 valence electrons. The van der Waals surface area contributed by atoms with E-state index in [-0.39, 0.29) is 24.1 Å². The number of anilines is 1. The Morgan fingerprint density at radius 2 is 2.12 bits per heavy atom. The van der Waals surface area contributed by atoms with Gasteiger partial charge >= 0.3 is 0 Å². The molecule has 1 saturated heterocycles. The Balaban J connectivity index is 1.52. The van der Waals surface area contributed by atoms with Crippen LogP contribution >= 0.6 is 0 Å². The average Bonchev–Trinajstić information content (AvgIpc) is 2.81. The third kappa shape index (κ3) is 4.39. The second-order valence-electron chi connectivity index (χ2n) is 6.87. The first kappa shape index (κ1) is 18.4. The van der Waals surface area contributed by atoms with E-state index in [2.05, 4.69) is 10.6 Å². The predicted octanol–water partition coefficient (Wildman–Crippen LogP) is 2.16. The van der Waals surface area contributed by atoms with Crippen molar-refractivity contribution in [2.24, 2.45) is 0 Å². The quantitative estimate of drug-likeness (QED) is 0.789. The molecule has 2 aliphatic heterocycles. The number of halogens is 1. The number of benzene rings is 1. The largest absolute Gasteiger partial charge is 0.355 e. The fourth-order valence-electron chi connectivity index (χ4n) is 3.55. The summed E-state index contributed by atoms with van der Waals surface area (Å²) in [7, 11) is 0. The number of fused-ring (bicyclic) bond motifs is 1. The van der Waals surface area contributed by atoms with E-state index in [1.54, 1.807) is 6.07 Å². The van der Waals surface area contributed by atoms with Gasteiger partial charge < -0.3 is 15.5 Å². The van der Waals surface area contributed by atoms with Gasteiger partial charge in [-0.3, -0.25) is 14.4 Å². The van der Waals surface area contributed by atoms with Crippen LogP contribution in [0.5, 0.6) is 0 Å². The molecule has 1 aromatic carbocycles. The molecule has 2 heterocycles. The van der Waals surface area contributed by atoms with Crippen LogP contribution in [0, 0.1) is 5.82 Å². The number of amides is 3. The van der Waals surface area contributed by atoms with E-state index in [1.165, 1.54) is 12.1 Å². The summed E-state index contributed by atoms with van der Waals surface area (Å²) in [6.07, 6.45) is 4.40. The zero-order valence-electron chi connectivity index (χ0n) is 14.7. The summed E-state index contributed by atoms with van der Waals surface area (Å²) in [5.41, 5.74) is 0.989. The van der Waals surface area contributed by atoms with Crippen LogP contribution in [-0.4, -0.2) is 42.3 Å². The van der Waals surface area contributed by atoms with Crippen LogP contribution in [0.15, 0.2) is 18.2 Å². The van der Waals surface area contributed by atoms with Gasteiger partial charge in [-0.05, 0) is 37.0 Å². The normalized spacial score (nSPS) is 20.2. The lowest BCUT2D eigenvalue weighted by Crippen LogP contribution is -2.37. The number of likely N-dealkylation sites (tertiary alicyclic amines) is 1. The zero-order valence-corrected chi connectivity index (χ0v) is 14.7. The van der Waals surface area contributed by atoms with E-state index in [4.69, 9.17) is 0 Å². The summed E-state index contributed by atoms with van der Waals surface area (Å²) in [4.78, 5) is 38.1. The van der Waals surface area contributed by atoms with Gasteiger partial charge in [-0.1, -0.05) is 12.5 Å². The van der Waals surface area contributed by atoms with Gasteiger partial charge in [0.2, 0.25) is 17.7 Å². The highest BCUT2D eigenvalue weighted by Gasteiger charge is 2.30. The second kappa shape index (κ2) is 8.29. The van der Waals surface area contributed by atoms with Crippen molar-refractivity contribution in [2.45, 2.75) is 44.4 Å². The molecule has 0 aromatic heterocycles. The fourth-order valence-corrected chi connectivity index (χ4v) is 3.55. The highest BCUT2D eigenvalue weighted by atomic mass is 19.1. The molecule has 0 spiro atoms. The first-order chi connectivity index (χ1) is 12.5. The van der Waals surface area contributed by atoms with Crippen LogP contribution < -0.4 is 10.6 Å². The van der Waals surface area contributed by atoms with Crippen LogP contribution in [0.3, 0.4) is 0 Å². The minimum Gasteiger partial charge on any atom is -0.355 e. The molecule has 2 aliphatic rings. The molecule has 3 rings (SSSR count). The topological polar surface area (TPSA) is 78.5 Å². The summed E-state index contributed by atoms with van der Waals surface area (Å²) in [6.45, 7) is 1.86. The van der Waals surface area contributed by atoms with Crippen LogP contribution in [0.1, 0.15) is 50.0 Å². The maximum Gasteiger partial charge on any atom is 0.228 e. The van der Waals surface area contributed by atoms with E-state index in [0.29, 0.717) is 37.2 Å². The van der Waals surface area contributed by atoms with Crippen molar-refractivity contribution < 1.29 is 18.8 Å². The molecular formula is C19H24FN3O3. The van der Waals surface area contributed by atoms with E-state index < -0.39 is 11.7 Å². The Morgan fingerprint density at radius 1 is 1.27 bits per heavy atom. The van der Waals surface area contributed by atoms with Crippen molar-refractivity contribution in [3.8, 4) is 0 Å². The highest BCUT2D eigenvalue weighted by molar-refractivity contribution is 6.01. The molecule has 7 heteroatoms. The average molecular weight is 361 g/mol. The Morgan fingerprint density at radius 3 is 2.96 bits per heavy atom. The molecule has 6 nitrogen and oxygen atoms in total. The number of nitrogens with one attached hydrogen (secondary N) is 2. The first-order valence-corrected chi connectivity index (χ1v) is 9.19. The number of carbonyl (C=O) groups is 3. The standard InChI is InChI=1S/C19H24FN3O3/c20-13-6-7-14-15(12-17(24)22-16(14)11-13)19(26)21-8-4-10-23-9-3-1-2-5-18(23)25/h6-7,11,15H,1-5,8-10,12H2,(H,21,26)(H,22,24). The molecule has 1 unspecified atom stereocenters. The van der Waals surface area contributed by atoms with Crippen molar-refractivity contribution in [3.05, 3.63) is 29.6 Å². The molecule has 26 heavy (non-hydrogen) atoms. The third-order valence-corrected chi connectivity index (χ3v) is 4.95. The molecule has 1 fully saturated rings.